The van der Waals surface area contributed by atoms with Gasteiger partial charge in [-0.2, -0.15) is 13.2 Å². The number of hydrogen-bond acceptors (Lipinski definition) is 4. The highest BCUT2D eigenvalue weighted by molar-refractivity contribution is 5.79. The first kappa shape index (κ1) is 21.9. The number of rotatable bonds is 10. The lowest BCUT2D eigenvalue weighted by molar-refractivity contribution is -0.142. The van der Waals surface area contributed by atoms with E-state index in [-0.39, 0.29) is 13.1 Å². The summed E-state index contributed by atoms with van der Waals surface area (Å²) in [5.74, 6) is 2.03. The van der Waals surface area contributed by atoms with Crippen LogP contribution in [0.15, 0.2) is 29.3 Å². The minimum Gasteiger partial charge on any atom is -0.497 e. The van der Waals surface area contributed by atoms with Crippen LogP contribution in [0.25, 0.3) is 0 Å². The van der Waals surface area contributed by atoms with Crippen molar-refractivity contribution in [2.45, 2.75) is 13.1 Å². The molecule has 0 fully saturated rings. The number of aliphatic imine (C=N–C) groups is 1. The van der Waals surface area contributed by atoms with Gasteiger partial charge in [0.25, 0.3) is 0 Å². The van der Waals surface area contributed by atoms with Crippen LogP contribution in [0.2, 0.25) is 0 Å². The van der Waals surface area contributed by atoms with Gasteiger partial charge in [-0.3, -0.25) is 9.89 Å². The van der Waals surface area contributed by atoms with Crippen LogP contribution >= 0.6 is 0 Å². The molecule has 0 bridgehead atoms. The molecule has 1 aromatic rings. The van der Waals surface area contributed by atoms with Gasteiger partial charge in [0.1, 0.15) is 18.1 Å². The van der Waals surface area contributed by atoms with E-state index in [9.17, 15) is 13.2 Å². The summed E-state index contributed by atoms with van der Waals surface area (Å²) in [6.07, 6.45) is -4.19. The molecule has 6 nitrogen and oxygen atoms in total. The number of methoxy groups -OCH3 is 1. The van der Waals surface area contributed by atoms with Gasteiger partial charge in [0.15, 0.2) is 5.96 Å². The molecule has 26 heavy (non-hydrogen) atoms. The molecule has 0 aliphatic rings. The van der Waals surface area contributed by atoms with Crippen LogP contribution in [0, 0.1) is 0 Å². The molecule has 0 aliphatic heterocycles. The summed E-state index contributed by atoms with van der Waals surface area (Å²) in [6.45, 7) is 3.05. The summed E-state index contributed by atoms with van der Waals surface area (Å²) in [7, 11) is 3.02. The van der Waals surface area contributed by atoms with Crippen LogP contribution in [0.5, 0.6) is 11.5 Å². The van der Waals surface area contributed by atoms with E-state index in [2.05, 4.69) is 15.6 Å². The maximum absolute atomic E-state index is 12.3. The quantitative estimate of drug-likeness (QED) is 0.372. The van der Waals surface area contributed by atoms with Gasteiger partial charge in [-0.05, 0) is 38.2 Å². The largest absolute Gasteiger partial charge is 0.497 e. The highest BCUT2D eigenvalue weighted by Gasteiger charge is 2.28. The molecular formula is C17H27F3N4O2. The highest BCUT2D eigenvalue weighted by atomic mass is 19.4. The Morgan fingerprint density at radius 1 is 1.15 bits per heavy atom. The Hall–Kier alpha value is -2.16. The highest BCUT2D eigenvalue weighted by Crippen LogP contribution is 2.16. The zero-order valence-electron chi connectivity index (χ0n) is 15.4. The molecule has 0 saturated heterocycles. The van der Waals surface area contributed by atoms with Crippen molar-refractivity contribution >= 4 is 5.96 Å². The van der Waals surface area contributed by atoms with Gasteiger partial charge in [-0.1, -0.05) is 0 Å². The number of benzene rings is 1. The second kappa shape index (κ2) is 11.5. The number of guanidine groups is 1. The first-order valence-corrected chi connectivity index (χ1v) is 8.38. The lowest BCUT2D eigenvalue weighted by atomic mass is 10.3. The molecule has 0 unspecified atom stereocenters. The molecule has 0 saturated carbocycles. The average Bonchev–Trinajstić information content (AvgIpc) is 2.57. The normalized spacial score (nSPS) is 12.2. The van der Waals surface area contributed by atoms with Gasteiger partial charge in [-0.15, -0.1) is 0 Å². The minimum atomic E-state index is -4.19. The Labute approximate surface area is 152 Å². The number of likely N-dealkylation sites (N-methyl/N-ethyl adjacent to an activating group) is 1. The number of alkyl halides is 3. The second-order valence-electron chi connectivity index (χ2n) is 5.56. The molecule has 9 heteroatoms. The average molecular weight is 376 g/mol. The predicted molar refractivity (Wildman–Crippen MR) is 96.0 cm³/mol. The predicted octanol–water partition coefficient (Wildman–Crippen LogP) is 2.12. The Kier molecular flexibility index (Phi) is 9.64. The van der Waals surface area contributed by atoms with Gasteiger partial charge < -0.3 is 20.1 Å². The van der Waals surface area contributed by atoms with Crippen molar-refractivity contribution < 1.29 is 22.6 Å². The van der Waals surface area contributed by atoms with E-state index < -0.39 is 12.7 Å². The van der Waals surface area contributed by atoms with Crippen molar-refractivity contribution in [1.82, 2.24) is 15.5 Å². The molecule has 0 heterocycles. The fourth-order valence-electron chi connectivity index (χ4n) is 2.07. The van der Waals surface area contributed by atoms with Crippen LogP contribution in [0.4, 0.5) is 13.2 Å². The van der Waals surface area contributed by atoms with Crippen LogP contribution in [0.1, 0.15) is 6.92 Å². The summed E-state index contributed by atoms with van der Waals surface area (Å²) in [4.78, 5) is 5.46. The number of ether oxygens (including phenoxy) is 2. The number of nitrogens with zero attached hydrogens (tertiary/aromatic N) is 2. The van der Waals surface area contributed by atoms with Crippen molar-refractivity contribution in [1.29, 1.82) is 0 Å². The Balaban J connectivity index is 2.32. The van der Waals surface area contributed by atoms with E-state index in [1.165, 1.54) is 11.9 Å². The van der Waals surface area contributed by atoms with E-state index >= 15 is 0 Å². The van der Waals surface area contributed by atoms with Gasteiger partial charge in [-0.25, -0.2) is 0 Å². The van der Waals surface area contributed by atoms with E-state index in [4.69, 9.17) is 9.47 Å². The topological polar surface area (TPSA) is 58.1 Å². The Morgan fingerprint density at radius 3 is 2.38 bits per heavy atom. The molecule has 0 atom stereocenters. The zero-order chi connectivity index (χ0) is 19.4. The summed E-state index contributed by atoms with van der Waals surface area (Å²) < 4.78 is 47.5. The van der Waals surface area contributed by atoms with Crippen molar-refractivity contribution in [2.24, 2.45) is 4.99 Å². The third-order valence-electron chi connectivity index (χ3n) is 3.27. The van der Waals surface area contributed by atoms with Crippen LogP contribution in [-0.2, 0) is 0 Å². The molecule has 1 aromatic carbocycles. The standard InChI is InChI=1S/C17H27F3N4O2/c1-4-21-16(22-9-11-24(2)13-17(18,19)20)23-10-12-26-15-7-5-14(25-3)6-8-15/h5-8H,4,9-13H2,1-3H3,(H2,21,22,23). The van der Waals surface area contributed by atoms with Crippen molar-refractivity contribution in [3.05, 3.63) is 24.3 Å². The van der Waals surface area contributed by atoms with Crippen LogP contribution in [-0.4, -0.2) is 70.5 Å². The summed E-state index contributed by atoms with van der Waals surface area (Å²) in [6, 6.07) is 7.25. The lowest BCUT2D eigenvalue weighted by Gasteiger charge is -2.18. The number of halogens is 3. The molecular weight excluding hydrogens is 349 g/mol. The molecule has 0 aliphatic carbocycles. The molecule has 2 N–H and O–H groups in total. The van der Waals surface area contributed by atoms with Crippen molar-refractivity contribution in [3.63, 3.8) is 0 Å². The zero-order valence-corrected chi connectivity index (χ0v) is 15.4. The Bertz CT molecular complexity index is 536. The van der Waals surface area contributed by atoms with E-state index in [1.807, 2.05) is 31.2 Å². The maximum atomic E-state index is 12.3. The maximum Gasteiger partial charge on any atom is 0.401 e. The SMILES string of the molecule is CCNC(=NCCN(C)CC(F)(F)F)NCCOc1ccc(OC)cc1. The summed E-state index contributed by atoms with van der Waals surface area (Å²) >= 11 is 0. The van der Waals surface area contributed by atoms with Crippen molar-refractivity contribution in [2.75, 3.05) is 53.5 Å². The molecule has 148 valence electrons. The minimum absolute atomic E-state index is 0.221. The van der Waals surface area contributed by atoms with E-state index in [1.54, 1.807) is 7.11 Å². The number of nitrogens with one attached hydrogen (secondary N) is 2. The van der Waals surface area contributed by atoms with Gasteiger partial charge in [0.2, 0.25) is 0 Å². The first-order chi connectivity index (χ1) is 12.3. The fourth-order valence-corrected chi connectivity index (χ4v) is 2.07. The second-order valence-corrected chi connectivity index (χ2v) is 5.56. The summed E-state index contributed by atoms with van der Waals surface area (Å²) in [5, 5.41) is 6.13. The van der Waals surface area contributed by atoms with Gasteiger partial charge >= 0.3 is 6.18 Å². The molecule has 0 amide bonds. The van der Waals surface area contributed by atoms with Gasteiger partial charge in [0, 0.05) is 13.1 Å². The Morgan fingerprint density at radius 2 is 1.81 bits per heavy atom. The van der Waals surface area contributed by atoms with Crippen molar-refractivity contribution in [3.8, 4) is 11.5 Å². The number of hydrogen-bond donors (Lipinski definition) is 2. The third kappa shape index (κ3) is 9.97. The van der Waals surface area contributed by atoms with E-state index in [0.29, 0.717) is 25.7 Å². The first-order valence-electron chi connectivity index (χ1n) is 8.38. The molecule has 1 rings (SSSR count). The molecule has 0 aromatic heterocycles. The van der Waals surface area contributed by atoms with Crippen LogP contribution in [0.3, 0.4) is 0 Å². The molecule has 0 spiro atoms. The molecule has 0 radical (unpaired) electrons. The van der Waals surface area contributed by atoms with E-state index in [0.717, 1.165) is 11.5 Å². The van der Waals surface area contributed by atoms with Crippen LogP contribution < -0.4 is 20.1 Å². The third-order valence-corrected chi connectivity index (χ3v) is 3.27. The lowest BCUT2D eigenvalue weighted by Crippen LogP contribution is -2.40. The monoisotopic (exact) mass is 376 g/mol. The summed E-state index contributed by atoms with van der Waals surface area (Å²) in [5.41, 5.74) is 0. The smallest absolute Gasteiger partial charge is 0.401 e. The fraction of sp³-hybridized carbons (Fsp3) is 0.588. The van der Waals surface area contributed by atoms with Gasteiger partial charge in [0.05, 0.1) is 26.7 Å².